The Balaban J connectivity index is 1.68. The number of nitrogens with zero attached hydrogens (tertiary/aromatic N) is 1. The normalized spacial score (nSPS) is 17.5. The third-order valence-electron chi connectivity index (χ3n) is 5.67. The van der Waals surface area contributed by atoms with Crippen molar-refractivity contribution in [1.82, 2.24) is 4.98 Å². The number of oxazole rings is 1. The van der Waals surface area contributed by atoms with Gasteiger partial charge in [-0.05, 0) is 39.3 Å². The lowest BCUT2D eigenvalue weighted by atomic mass is 9.78. The van der Waals surface area contributed by atoms with Gasteiger partial charge in [-0.25, -0.2) is 4.98 Å². The van der Waals surface area contributed by atoms with Crippen LogP contribution in [0.3, 0.4) is 0 Å². The third kappa shape index (κ3) is 3.95. The van der Waals surface area contributed by atoms with Gasteiger partial charge in [0.15, 0.2) is 5.89 Å². The van der Waals surface area contributed by atoms with Gasteiger partial charge in [-0.1, -0.05) is 42.5 Å². The highest BCUT2D eigenvalue weighted by atomic mass is 16.7. The van der Waals surface area contributed by atoms with E-state index in [0.717, 1.165) is 22.3 Å². The summed E-state index contributed by atoms with van der Waals surface area (Å²) in [6, 6.07) is 16.0. The van der Waals surface area contributed by atoms with Crippen LogP contribution in [0.5, 0.6) is 5.75 Å². The zero-order chi connectivity index (χ0) is 20.6. The van der Waals surface area contributed by atoms with E-state index in [1.807, 2.05) is 83.1 Å². The summed E-state index contributed by atoms with van der Waals surface area (Å²) >= 11 is 0. The Hall–Kier alpha value is -2.57. The molecule has 0 bridgehead atoms. The van der Waals surface area contributed by atoms with E-state index in [1.165, 1.54) is 0 Å². The molecule has 2 heterocycles. The molecule has 4 rings (SSSR count). The molecule has 0 saturated carbocycles. The highest BCUT2D eigenvalue weighted by Gasteiger charge is 2.52. The van der Waals surface area contributed by atoms with E-state index in [9.17, 15) is 0 Å². The molecular formula is C23H26BNO4. The smallest absolute Gasteiger partial charge is 0.489 e. The van der Waals surface area contributed by atoms with Gasteiger partial charge >= 0.3 is 7.12 Å². The van der Waals surface area contributed by atoms with Crippen molar-refractivity contribution in [3.8, 4) is 17.0 Å². The Kier molecular flexibility index (Phi) is 5.01. The van der Waals surface area contributed by atoms with Crippen molar-refractivity contribution < 1.29 is 18.5 Å². The van der Waals surface area contributed by atoms with E-state index in [-0.39, 0.29) is 0 Å². The van der Waals surface area contributed by atoms with Crippen molar-refractivity contribution in [2.45, 2.75) is 52.4 Å². The molecular weight excluding hydrogens is 365 g/mol. The molecule has 5 nitrogen and oxygen atoms in total. The number of benzene rings is 2. The molecule has 6 heteroatoms. The van der Waals surface area contributed by atoms with E-state index in [4.69, 9.17) is 18.5 Å². The summed E-state index contributed by atoms with van der Waals surface area (Å²) in [6.07, 6.45) is 1.65. The van der Waals surface area contributed by atoms with Crippen molar-refractivity contribution in [3.05, 3.63) is 66.2 Å². The van der Waals surface area contributed by atoms with E-state index in [0.29, 0.717) is 18.2 Å². The van der Waals surface area contributed by atoms with Crippen molar-refractivity contribution >= 4 is 12.6 Å². The highest BCUT2D eigenvalue weighted by Crippen LogP contribution is 2.37. The van der Waals surface area contributed by atoms with Crippen molar-refractivity contribution in [1.29, 1.82) is 0 Å². The summed E-state index contributed by atoms with van der Waals surface area (Å²) in [7, 11) is -0.501. The fraction of sp³-hybridized carbons (Fsp3) is 0.348. The number of hydrogen-bond donors (Lipinski definition) is 0. The Morgan fingerprint density at radius 1 is 0.966 bits per heavy atom. The number of ether oxygens (including phenoxy) is 1. The zero-order valence-corrected chi connectivity index (χ0v) is 17.6. The molecule has 1 aliphatic rings. The summed E-state index contributed by atoms with van der Waals surface area (Å²) in [5, 5.41) is 0. The van der Waals surface area contributed by atoms with Crippen LogP contribution in [0.2, 0.25) is 0 Å². The van der Waals surface area contributed by atoms with E-state index in [2.05, 4.69) is 4.98 Å². The Morgan fingerprint density at radius 2 is 1.66 bits per heavy atom. The molecule has 0 atom stereocenters. The summed E-state index contributed by atoms with van der Waals surface area (Å²) in [6.45, 7) is 10.5. The number of aromatic nitrogens is 1. The quantitative estimate of drug-likeness (QED) is 0.599. The van der Waals surface area contributed by atoms with Gasteiger partial charge in [-0.3, -0.25) is 0 Å². The molecule has 2 aromatic carbocycles. The Morgan fingerprint density at radius 3 is 2.28 bits per heavy atom. The highest BCUT2D eigenvalue weighted by molar-refractivity contribution is 6.63. The average Bonchev–Trinajstić information content (AvgIpc) is 3.21. The molecule has 0 unspecified atom stereocenters. The lowest BCUT2D eigenvalue weighted by Gasteiger charge is -2.32. The van der Waals surface area contributed by atoms with Crippen LogP contribution >= 0.6 is 0 Å². The van der Waals surface area contributed by atoms with Crippen molar-refractivity contribution in [2.24, 2.45) is 0 Å². The van der Waals surface area contributed by atoms with Crippen LogP contribution in [-0.4, -0.2) is 23.3 Å². The molecule has 0 spiro atoms. The fourth-order valence-electron chi connectivity index (χ4n) is 3.21. The molecule has 1 saturated heterocycles. The average molecular weight is 391 g/mol. The number of hydrogen-bond acceptors (Lipinski definition) is 5. The van der Waals surface area contributed by atoms with E-state index in [1.54, 1.807) is 6.26 Å². The molecule has 1 fully saturated rings. The summed E-state index contributed by atoms with van der Waals surface area (Å²) in [5.41, 5.74) is 2.81. The fourth-order valence-corrected chi connectivity index (χ4v) is 3.21. The maximum absolute atomic E-state index is 6.26. The number of rotatable bonds is 5. The van der Waals surface area contributed by atoms with Gasteiger partial charge in [0, 0.05) is 17.9 Å². The van der Waals surface area contributed by atoms with Gasteiger partial charge in [0.2, 0.25) is 0 Å². The van der Waals surface area contributed by atoms with Gasteiger partial charge in [-0.2, -0.15) is 0 Å². The molecule has 0 amide bonds. The van der Waals surface area contributed by atoms with Crippen LogP contribution < -0.4 is 10.2 Å². The van der Waals surface area contributed by atoms with E-state index < -0.39 is 18.3 Å². The van der Waals surface area contributed by atoms with Gasteiger partial charge in [-0.15, -0.1) is 0 Å². The second-order valence-electron chi connectivity index (χ2n) is 8.37. The van der Waals surface area contributed by atoms with Crippen molar-refractivity contribution in [3.63, 3.8) is 0 Å². The lowest BCUT2D eigenvalue weighted by Crippen LogP contribution is -2.41. The molecule has 150 valence electrons. The molecule has 1 aliphatic heterocycles. The molecule has 0 radical (unpaired) electrons. The Bertz CT molecular complexity index is 981. The monoisotopic (exact) mass is 391 g/mol. The summed E-state index contributed by atoms with van der Waals surface area (Å²) in [5.74, 6) is 1.34. The minimum absolute atomic E-state index is 0.420. The minimum atomic E-state index is -0.501. The first-order valence-corrected chi connectivity index (χ1v) is 9.84. The van der Waals surface area contributed by atoms with Crippen LogP contribution in [0, 0.1) is 6.92 Å². The Labute approximate surface area is 172 Å². The molecule has 0 aliphatic carbocycles. The zero-order valence-electron chi connectivity index (χ0n) is 17.6. The molecule has 3 aromatic rings. The lowest BCUT2D eigenvalue weighted by molar-refractivity contribution is 0.00578. The van der Waals surface area contributed by atoms with Gasteiger partial charge in [0.05, 0.1) is 11.2 Å². The third-order valence-corrected chi connectivity index (χ3v) is 5.67. The molecule has 1 aromatic heterocycles. The predicted octanol–water partition coefficient (Wildman–Crippen LogP) is 4.53. The SMILES string of the molecule is Cc1nc(-c2ccc(B3OC(C)(C)C(C)(C)O3)c(OCc3ccccc3)c2)co1. The topological polar surface area (TPSA) is 53.7 Å². The summed E-state index contributed by atoms with van der Waals surface area (Å²) < 4.78 is 24.1. The first-order chi connectivity index (χ1) is 13.7. The van der Waals surface area contributed by atoms with Crippen LogP contribution in [0.25, 0.3) is 11.3 Å². The van der Waals surface area contributed by atoms with Gasteiger partial charge in [0.25, 0.3) is 0 Å². The van der Waals surface area contributed by atoms with Crippen molar-refractivity contribution in [2.75, 3.05) is 0 Å². The number of aryl methyl sites for hydroxylation is 1. The maximum atomic E-state index is 6.26. The predicted molar refractivity (Wildman–Crippen MR) is 113 cm³/mol. The van der Waals surface area contributed by atoms with Crippen LogP contribution in [0.15, 0.2) is 59.2 Å². The van der Waals surface area contributed by atoms with Crippen LogP contribution in [0.1, 0.15) is 39.1 Å². The first kappa shape index (κ1) is 19.7. The largest absolute Gasteiger partial charge is 0.498 e. The minimum Gasteiger partial charge on any atom is -0.489 e. The second kappa shape index (κ2) is 7.36. The van der Waals surface area contributed by atoms with Gasteiger partial charge in [0.1, 0.15) is 24.3 Å². The molecule has 29 heavy (non-hydrogen) atoms. The second-order valence-corrected chi connectivity index (χ2v) is 8.37. The maximum Gasteiger partial charge on any atom is 0.498 e. The van der Waals surface area contributed by atoms with Gasteiger partial charge < -0.3 is 18.5 Å². The summed E-state index contributed by atoms with van der Waals surface area (Å²) in [4.78, 5) is 4.43. The van der Waals surface area contributed by atoms with Crippen LogP contribution in [-0.2, 0) is 15.9 Å². The van der Waals surface area contributed by atoms with Crippen LogP contribution in [0.4, 0.5) is 0 Å². The first-order valence-electron chi connectivity index (χ1n) is 9.84. The standard InChI is InChI=1S/C23H26BNO4/c1-16-25-20(15-26-16)18-11-12-19(24-28-22(2,3)23(4,5)29-24)21(13-18)27-14-17-9-7-6-8-10-17/h6-13,15H,14H2,1-5H3. The van der Waals surface area contributed by atoms with E-state index >= 15 is 0 Å². The molecule has 0 N–H and O–H groups in total.